The molecule has 6 rings (SSSR count). The van der Waals surface area contributed by atoms with E-state index >= 15 is 0 Å². The number of carbonyl (C=O) groups excluding carboxylic acids is 1. The number of aromatic nitrogens is 6. The third kappa shape index (κ3) is 5.95. The van der Waals surface area contributed by atoms with Gasteiger partial charge in [0.2, 0.25) is 0 Å². The molecule has 2 aliphatic heterocycles. The summed E-state index contributed by atoms with van der Waals surface area (Å²) in [6.45, 7) is -0.169. The molecule has 2 aromatic heterocycles. The number of piperidine rings is 1. The number of benzene rings is 2. The van der Waals surface area contributed by atoms with Crippen LogP contribution in [0.25, 0.3) is 22.5 Å². The summed E-state index contributed by atoms with van der Waals surface area (Å²) in [5.74, 6) is -1.63. The van der Waals surface area contributed by atoms with Crippen molar-refractivity contribution in [2.75, 3.05) is 26.7 Å². The smallest absolute Gasteiger partial charge is 0.254 e. The van der Waals surface area contributed by atoms with E-state index in [1.54, 1.807) is 24.4 Å². The lowest BCUT2D eigenvalue weighted by atomic mass is 9.91. The van der Waals surface area contributed by atoms with E-state index in [-0.39, 0.29) is 12.2 Å². The second-order valence-electron chi connectivity index (χ2n) is 11.2. The van der Waals surface area contributed by atoms with E-state index in [9.17, 15) is 34.0 Å². The number of aliphatic hydroxyl groups is 4. The Hall–Kier alpha value is -4.19. The number of rotatable bonds is 7. The van der Waals surface area contributed by atoms with E-state index in [0.717, 1.165) is 4.68 Å². The predicted molar refractivity (Wildman–Crippen MR) is 152 cm³/mol. The van der Waals surface area contributed by atoms with Crippen molar-refractivity contribution in [2.45, 2.75) is 48.6 Å². The van der Waals surface area contributed by atoms with Crippen molar-refractivity contribution >= 4 is 5.91 Å². The summed E-state index contributed by atoms with van der Waals surface area (Å²) in [7, 11) is 1.45. The van der Waals surface area contributed by atoms with Gasteiger partial charge in [-0.05, 0) is 24.3 Å². The Morgan fingerprint density at radius 3 is 2.13 bits per heavy atom. The molecule has 1 amide bonds. The van der Waals surface area contributed by atoms with Crippen LogP contribution in [0.4, 0.5) is 8.78 Å². The first kappa shape index (κ1) is 30.8. The molecular formula is C29H32F2N8O6. The van der Waals surface area contributed by atoms with Gasteiger partial charge in [-0.3, -0.25) is 4.79 Å². The molecule has 2 aliphatic rings. The predicted octanol–water partition coefficient (Wildman–Crippen LogP) is -0.463. The van der Waals surface area contributed by atoms with Crippen LogP contribution in [0.15, 0.2) is 60.9 Å². The van der Waals surface area contributed by atoms with Gasteiger partial charge in [0.1, 0.15) is 47.4 Å². The van der Waals surface area contributed by atoms with Gasteiger partial charge in [-0.2, -0.15) is 0 Å². The van der Waals surface area contributed by atoms with Crippen LogP contribution in [0, 0.1) is 11.6 Å². The highest BCUT2D eigenvalue weighted by atomic mass is 19.1. The highest BCUT2D eigenvalue weighted by molar-refractivity contribution is 5.82. The molecule has 0 radical (unpaired) electrons. The number of aliphatic hydroxyl groups excluding tert-OH is 4. The summed E-state index contributed by atoms with van der Waals surface area (Å²) in [6, 6.07) is 8.79. The van der Waals surface area contributed by atoms with Crippen molar-refractivity contribution in [1.29, 1.82) is 0 Å². The second kappa shape index (κ2) is 12.7. The Morgan fingerprint density at radius 2 is 1.53 bits per heavy atom. The van der Waals surface area contributed by atoms with Gasteiger partial charge < -0.3 is 35.4 Å². The molecule has 0 bridgehead atoms. The van der Waals surface area contributed by atoms with E-state index in [1.807, 2.05) is 0 Å². The van der Waals surface area contributed by atoms with Crippen LogP contribution in [0.3, 0.4) is 0 Å². The van der Waals surface area contributed by atoms with Gasteiger partial charge in [-0.15, -0.1) is 10.2 Å². The van der Waals surface area contributed by atoms with Gasteiger partial charge in [-0.1, -0.05) is 34.7 Å². The number of nitrogens with one attached hydrogen (secondary N) is 1. The van der Waals surface area contributed by atoms with E-state index in [1.165, 1.54) is 53.2 Å². The monoisotopic (exact) mass is 626 g/mol. The summed E-state index contributed by atoms with van der Waals surface area (Å²) in [5.41, 5.74) is 1.59. The van der Waals surface area contributed by atoms with Crippen LogP contribution in [0.2, 0.25) is 0 Å². The molecule has 2 saturated heterocycles. The molecule has 4 aromatic rings. The first-order chi connectivity index (χ1) is 21.7. The molecule has 0 aliphatic carbocycles. The minimum absolute atomic E-state index is 0.198. The zero-order valence-electron chi connectivity index (χ0n) is 24.0. The largest absolute Gasteiger partial charge is 0.394 e. The fourth-order valence-electron chi connectivity index (χ4n) is 5.90. The maximum absolute atomic E-state index is 13.8. The lowest BCUT2D eigenvalue weighted by molar-refractivity contribution is -0.213. The summed E-state index contributed by atoms with van der Waals surface area (Å²) >= 11 is 0. The molecule has 0 saturated carbocycles. The van der Waals surface area contributed by atoms with Crippen LogP contribution >= 0.6 is 0 Å². The topological polar surface area (TPSA) is 184 Å². The van der Waals surface area contributed by atoms with Crippen molar-refractivity contribution in [3.05, 3.63) is 72.6 Å². The highest BCUT2D eigenvalue weighted by Crippen LogP contribution is 2.33. The fraction of sp³-hybridized carbons (Fsp3) is 0.414. The third-order valence-electron chi connectivity index (χ3n) is 8.38. The zero-order valence-corrected chi connectivity index (χ0v) is 24.0. The molecule has 0 spiro atoms. The van der Waals surface area contributed by atoms with Crippen molar-refractivity contribution in [3.8, 4) is 22.5 Å². The van der Waals surface area contributed by atoms with Crippen molar-refractivity contribution in [3.63, 3.8) is 0 Å². The maximum atomic E-state index is 13.8. The lowest BCUT2D eigenvalue weighted by Crippen LogP contribution is -2.64. The average Bonchev–Trinajstić information content (AvgIpc) is 3.72. The number of carbonyl (C=O) groups is 1. The molecule has 16 heteroatoms. The Morgan fingerprint density at radius 1 is 0.933 bits per heavy atom. The quantitative estimate of drug-likeness (QED) is 0.179. The molecule has 2 aromatic carbocycles. The number of likely N-dealkylation sites (N-methyl/N-ethyl adjacent to an activating group) is 1. The van der Waals surface area contributed by atoms with Gasteiger partial charge in [0.25, 0.3) is 5.91 Å². The number of hydrogen-bond acceptors (Lipinski definition) is 11. The minimum atomic E-state index is -1.64. The van der Waals surface area contributed by atoms with Crippen LogP contribution in [-0.4, -0.2) is 125 Å². The number of ether oxygens (including phenoxy) is 1. The molecule has 14 nitrogen and oxygen atoms in total. The van der Waals surface area contributed by atoms with Gasteiger partial charge in [-0.25, -0.2) is 18.1 Å². The fourth-order valence-corrected chi connectivity index (χ4v) is 5.90. The third-order valence-corrected chi connectivity index (χ3v) is 8.38. The summed E-state index contributed by atoms with van der Waals surface area (Å²) < 4.78 is 35.8. The van der Waals surface area contributed by atoms with E-state index in [4.69, 9.17) is 4.74 Å². The van der Waals surface area contributed by atoms with Crippen LogP contribution in [0.1, 0.15) is 12.1 Å². The number of halogens is 2. The lowest BCUT2D eigenvalue weighted by Gasteiger charge is -2.45. The minimum Gasteiger partial charge on any atom is -0.394 e. The molecule has 238 valence electrons. The van der Waals surface area contributed by atoms with Crippen LogP contribution in [-0.2, 0) is 9.53 Å². The molecule has 0 unspecified atom stereocenters. The summed E-state index contributed by atoms with van der Waals surface area (Å²) in [6.07, 6.45) is -4.10. The molecule has 5 N–H and O–H groups in total. The maximum Gasteiger partial charge on any atom is 0.254 e. The molecule has 4 heterocycles. The Bertz CT molecular complexity index is 1650. The van der Waals surface area contributed by atoms with Crippen molar-refractivity contribution in [2.24, 2.45) is 0 Å². The zero-order chi connectivity index (χ0) is 31.8. The first-order valence-electron chi connectivity index (χ1n) is 14.3. The molecule has 2 fully saturated rings. The van der Waals surface area contributed by atoms with E-state index in [2.05, 4.69) is 25.9 Å². The summed E-state index contributed by atoms with van der Waals surface area (Å²) in [4.78, 5) is 15.0. The van der Waals surface area contributed by atoms with Gasteiger partial charge >= 0.3 is 0 Å². The Labute approximate surface area is 255 Å². The van der Waals surface area contributed by atoms with E-state index in [0.29, 0.717) is 23.4 Å². The molecule has 45 heavy (non-hydrogen) atoms. The van der Waals surface area contributed by atoms with Crippen LogP contribution < -0.4 is 5.32 Å². The van der Waals surface area contributed by atoms with Gasteiger partial charge in [0.15, 0.2) is 6.10 Å². The number of amides is 1. The molecule has 8 atom stereocenters. The van der Waals surface area contributed by atoms with Gasteiger partial charge in [0, 0.05) is 31.3 Å². The van der Waals surface area contributed by atoms with Crippen molar-refractivity contribution < 1.29 is 38.7 Å². The van der Waals surface area contributed by atoms with Crippen LogP contribution in [0.5, 0.6) is 0 Å². The Balaban J connectivity index is 1.21. The second-order valence-corrected chi connectivity index (χ2v) is 11.2. The molecular weight excluding hydrogens is 594 g/mol. The normalized spacial score (nSPS) is 28.6. The van der Waals surface area contributed by atoms with Crippen molar-refractivity contribution in [1.82, 2.24) is 40.2 Å². The highest BCUT2D eigenvalue weighted by Gasteiger charge is 2.50. The number of hydrogen-bond donors (Lipinski definition) is 5. The van der Waals surface area contributed by atoms with E-state index < -0.39 is 72.8 Å². The van der Waals surface area contributed by atoms with Gasteiger partial charge in [0.05, 0.1) is 37.2 Å². The Kier molecular flexibility index (Phi) is 8.67. The number of nitrogens with zero attached hydrogens (tertiary/aromatic N) is 7. The SMILES string of the molecule is CN(C(=O)[C@@H]1O[C@H](CO)[C@H](O)[C@H](n2cc(-c3cccc(F)c3)nn2)[C@H]1O)[C@H]1CNC[C@@H](n2cc(-c3cccc(F)c3)nn2)[C@@H]1O. The average molecular weight is 627 g/mol. The summed E-state index contributed by atoms with van der Waals surface area (Å²) in [5, 5.41) is 63.1. The first-order valence-corrected chi connectivity index (χ1v) is 14.3. The standard InChI is InChI=1S/C29H32F2N8O6/c1-37(21-10-32-11-22(25(21)41)38-12-19(33-35-38)15-4-2-6-17(30)8-15)29(44)28-27(43)24(26(42)23(14-40)45-28)39-13-20(34-36-39)16-5-3-7-18(31)9-16/h2-9,12-13,21-28,32,40-43H,10-11,14H2,1H3/t21-,22+,23+,24-,25+,26-,27+,28+/m0/s1.